The number of hydrogen-bond donors (Lipinski definition) is 0. The molecule has 0 bridgehead atoms. The van der Waals surface area contributed by atoms with Crippen LogP contribution in [0.3, 0.4) is 0 Å². The number of benzene rings is 2. The Balaban J connectivity index is 1.53. The van der Waals surface area contributed by atoms with Crippen molar-refractivity contribution in [3.8, 4) is 5.75 Å². The van der Waals surface area contributed by atoms with Crippen molar-refractivity contribution in [3.63, 3.8) is 0 Å². The highest BCUT2D eigenvalue weighted by Gasteiger charge is 2.32. The second kappa shape index (κ2) is 7.88. The Morgan fingerprint density at radius 2 is 1.73 bits per heavy atom. The molecule has 3 rings (SSSR count). The van der Waals surface area contributed by atoms with Gasteiger partial charge < -0.3 is 9.64 Å². The maximum absolute atomic E-state index is 12.0. The highest BCUT2D eigenvalue weighted by atomic mass is 32.2. The molecule has 1 aliphatic rings. The lowest BCUT2D eigenvalue weighted by atomic mass is 10.2. The Morgan fingerprint density at radius 1 is 1.04 bits per heavy atom. The first-order valence-corrected chi connectivity index (χ1v) is 10.1. The molecule has 1 atom stereocenters. The van der Waals surface area contributed by atoms with Gasteiger partial charge >= 0.3 is 0 Å². The van der Waals surface area contributed by atoms with E-state index in [-0.39, 0.29) is 18.9 Å². The number of rotatable bonds is 7. The molecule has 7 heteroatoms. The summed E-state index contributed by atoms with van der Waals surface area (Å²) in [6, 6.07) is 17.4. The standard InChI is InChI=1S/C19H21NO5S/c1-26(22,23)25-18-11-19(21)20(13-18)12-15-7-9-17(10-8-15)24-14-16-5-3-2-4-6-16/h2-10,18H,11-14H2,1H3. The molecule has 1 heterocycles. The fourth-order valence-electron chi connectivity index (χ4n) is 2.85. The predicted molar refractivity (Wildman–Crippen MR) is 97.0 cm³/mol. The van der Waals surface area contributed by atoms with E-state index in [4.69, 9.17) is 8.92 Å². The molecule has 0 spiro atoms. The van der Waals surface area contributed by atoms with Crippen molar-refractivity contribution >= 4 is 16.0 Å². The zero-order chi connectivity index (χ0) is 18.6. The van der Waals surface area contributed by atoms with E-state index in [1.54, 1.807) is 4.90 Å². The van der Waals surface area contributed by atoms with E-state index >= 15 is 0 Å². The number of carbonyl (C=O) groups is 1. The van der Waals surface area contributed by atoms with Gasteiger partial charge in [0, 0.05) is 13.1 Å². The first kappa shape index (κ1) is 18.4. The van der Waals surface area contributed by atoms with Crippen LogP contribution in [0.1, 0.15) is 17.5 Å². The van der Waals surface area contributed by atoms with E-state index in [1.165, 1.54) is 0 Å². The molecular weight excluding hydrogens is 354 g/mol. The largest absolute Gasteiger partial charge is 0.489 e. The van der Waals surface area contributed by atoms with Gasteiger partial charge in [0.2, 0.25) is 5.91 Å². The third-order valence-corrected chi connectivity index (χ3v) is 4.66. The minimum absolute atomic E-state index is 0.0886. The van der Waals surface area contributed by atoms with Crippen molar-refractivity contribution in [2.75, 3.05) is 12.8 Å². The van der Waals surface area contributed by atoms with Gasteiger partial charge in [0.15, 0.2) is 0 Å². The number of likely N-dealkylation sites (tertiary alicyclic amines) is 1. The van der Waals surface area contributed by atoms with E-state index in [0.717, 1.165) is 23.1 Å². The first-order chi connectivity index (χ1) is 12.4. The average Bonchev–Trinajstić information content (AvgIpc) is 2.92. The lowest BCUT2D eigenvalue weighted by molar-refractivity contribution is -0.128. The summed E-state index contributed by atoms with van der Waals surface area (Å²) >= 11 is 0. The summed E-state index contributed by atoms with van der Waals surface area (Å²) in [5.74, 6) is 0.645. The molecule has 1 unspecified atom stereocenters. The second-order valence-electron chi connectivity index (χ2n) is 6.32. The van der Waals surface area contributed by atoms with Crippen molar-refractivity contribution in [1.82, 2.24) is 4.90 Å². The molecule has 0 aromatic heterocycles. The van der Waals surface area contributed by atoms with Crippen LogP contribution in [0, 0.1) is 0 Å². The van der Waals surface area contributed by atoms with Gasteiger partial charge in [0.05, 0.1) is 12.7 Å². The minimum atomic E-state index is -3.56. The van der Waals surface area contributed by atoms with Gasteiger partial charge in [0.25, 0.3) is 10.1 Å². The summed E-state index contributed by atoms with van der Waals surface area (Å²) in [4.78, 5) is 13.6. The van der Waals surface area contributed by atoms with Crippen LogP contribution < -0.4 is 4.74 Å². The normalized spacial score (nSPS) is 17.5. The molecule has 2 aromatic rings. The summed E-state index contributed by atoms with van der Waals surface area (Å²) in [6.07, 6.45) is 0.477. The molecule has 1 fully saturated rings. The number of nitrogens with zero attached hydrogens (tertiary/aromatic N) is 1. The third-order valence-electron chi connectivity index (χ3n) is 4.04. The molecule has 2 aromatic carbocycles. The van der Waals surface area contributed by atoms with Crippen LogP contribution in [0.25, 0.3) is 0 Å². The van der Waals surface area contributed by atoms with E-state index in [9.17, 15) is 13.2 Å². The van der Waals surface area contributed by atoms with Crippen LogP contribution in [0.5, 0.6) is 5.75 Å². The van der Waals surface area contributed by atoms with Gasteiger partial charge in [-0.05, 0) is 23.3 Å². The Hall–Kier alpha value is -2.38. The van der Waals surface area contributed by atoms with Crippen molar-refractivity contribution in [1.29, 1.82) is 0 Å². The highest BCUT2D eigenvalue weighted by molar-refractivity contribution is 7.86. The van der Waals surface area contributed by atoms with E-state index in [2.05, 4.69) is 0 Å². The summed E-state index contributed by atoms with van der Waals surface area (Å²) in [5, 5.41) is 0. The summed E-state index contributed by atoms with van der Waals surface area (Å²) in [7, 11) is -3.56. The molecule has 138 valence electrons. The maximum atomic E-state index is 12.0. The molecule has 26 heavy (non-hydrogen) atoms. The van der Waals surface area contributed by atoms with Crippen LogP contribution in [-0.2, 0) is 32.2 Å². The highest BCUT2D eigenvalue weighted by Crippen LogP contribution is 2.20. The zero-order valence-corrected chi connectivity index (χ0v) is 15.3. The van der Waals surface area contributed by atoms with E-state index < -0.39 is 16.2 Å². The average molecular weight is 375 g/mol. The number of ether oxygens (including phenoxy) is 1. The smallest absolute Gasteiger partial charge is 0.264 e. The van der Waals surface area contributed by atoms with Gasteiger partial charge in [-0.3, -0.25) is 8.98 Å². The lowest BCUT2D eigenvalue weighted by Crippen LogP contribution is -2.26. The van der Waals surface area contributed by atoms with Gasteiger partial charge in [0.1, 0.15) is 18.5 Å². The van der Waals surface area contributed by atoms with Crippen LogP contribution in [-0.4, -0.2) is 38.1 Å². The number of carbonyl (C=O) groups excluding carboxylic acids is 1. The SMILES string of the molecule is CS(=O)(=O)OC1CC(=O)N(Cc2ccc(OCc3ccccc3)cc2)C1. The second-order valence-corrected chi connectivity index (χ2v) is 7.92. The Labute approximate surface area is 153 Å². The summed E-state index contributed by atoms with van der Waals surface area (Å²) in [5.41, 5.74) is 2.04. The third kappa shape index (κ3) is 5.31. The molecule has 6 nitrogen and oxygen atoms in total. The fraction of sp³-hybridized carbons (Fsp3) is 0.316. The van der Waals surface area contributed by atoms with E-state index in [1.807, 2.05) is 54.6 Å². The Morgan fingerprint density at radius 3 is 2.38 bits per heavy atom. The Bertz CT molecular complexity index is 849. The number of hydrogen-bond acceptors (Lipinski definition) is 5. The monoisotopic (exact) mass is 375 g/mol. The maximum Gasteiger partial charge on any atom is 0.264 e. The molecule has 1 saturated heterocycles. The fourth-order valence-corrected chi connectivity index (χ4v) is 3.48. The van der Waals surface area contributed by atoms with Crippen molar-refractivity contribution < 1.29 is 22.1 Å². The van der Waals surface area contributed by atoms with E-state index in [0.29, 0.717) is 13.2 Å². The molecule has 0 N–H and O–H groups in total. The van der Waals surface area contributed by atoms with Crippen LogP contribution in [0.2, 0.25) is 0 Å². The summed E-state index contributed by atoms with van der Waals surface area (Å²) in [6.45, 7) is 1.19. The van der Waals surface area contributed by atoms with Gasteiger partial charge in [-0.1, -0.05) is 42.5 Å². The van der Waals surface area contributed by atoms with Crippen molar-refractivity contribution in [2.24, 2.45) is 0 Å². The van der Waals surface area contributed by atoms with Crippen molar-refractivity contribution in [3.05, 3.63) is 65.7 Å². The topological polar surface area (TPSA) is 72.9 Å². The molecule has 0 saturated carbocycles. The zero-order valence-electron chi connectivity index (χ0n) is 14.5. The number of amides is 1. The molecular formula is C19H21NO5S. The van der Waals surface area contributed by atoms with Crippen molar-refractivity contribution in [2.45, 2.75) is 25.7 Å². The van der Waals surface area contributed by atoms with Crippen LogP contribution in [0.15, 0.2) is 54.6 Å². The molecule has 1 aliphatic heterocycles. The van der Waals surface area contributed by atoms with Crippen LogP contribution in [0.4, 0.5) is 0 Å². The Kier molecular flexibility index (Phi) is 5.58. The molecule has 0 radical (unpaired) electrons. The van der Waals surface area contributed by atoms with Gasteiger partial charge in [-0.2, -0.15) is 8.42 Å². The van der Waals surface area contributed by atoms with Gasteiger partial charge in [-0.15, -0.1) is 0 Å². The molecule has 1 amide bonds. The molecule has 0 aliphatic carbocycles. The first-order valence-electron chi connectivity index (χ1n) is 8.31. The lowest BCUT2D eigenvalue weighted by Gasteiger charge is -2.16. The van der Waals surface area contributed by atoms with Gasteiger partial charge in [-0.25, -0.2) is 0 Å². The quantitative estimate of drug-likeness (QED) is 0.695. The predicted octanol–water partition coefficient (Wildman–Crippen LogP) is 2.34. The van der Waals surface area contributed by atoms with Crippen LogP contribution >= 0.6 is 0 Å². The minimum Gasteiger partial charge on any atom is -0.489 e. The summed E-state index contributed by atoms with van der Waals surface area (Å²) < 4.78 is 33.1.